The number of benzene rings is 2. The van der Waals surface area contributed by atoms with Gasteiger partial charge in [-0.15, -0.1) is 0 Å². The molecule has 0 saturated heterocycles. The summed E-state index contributed by atoms with van der Waals surface area (Å²) in [6.07, 6.45) is 0.749. The summed E-state index contributed by atoms with van der Waals surface area (Å²) >= 11 is 0. The van der Waals surface area contributed by atoms with Crippen molar-refractivity contribution < 1.29 is 24.2 Å². The molecular formula is C20H18O5. The third-order valence-corrected chi connectivity index (χ3v) is 4.93. The lowest BCUT2D eigenvalue weighted by molar-refractivity contribution is -0.124. The second kappa shape index (κ2) is 6.89. The molecule has 5 nitrogen and oxygen atoms in total. The van der Waals surface area contributed by atoms with E-state index < -0.39 is 5.97 Å². The standard InChI is InChI=1S/C20H18O5/c1-12(22)17-10-18(13-2-4-15(5-3-13)20(23)24)19(17)14-6-8-16(9-7-14)25-11-21/h2-9,11,17-19H,10H2,1H3,(H,23,24)/t17?,18-,19+/m0/s1. The Balaban J connectivity index is 1.87. The molecule has 1 N–H and O–H groups in total. The molecule has 1 aliphatic rings. The van der Waals surface area contributed by atoms with E-state index in [4.69, 9.17) is 9.84 Å². The largest absolute Gasteiger partial charge is 0.478 e. The molecule has 1 fully saturated rings. The van der Waals surface area contributed by atoms with E-state index in [2.05, 4.69) is 0 Å². The third kappa shape index (κ3) is 3.31. The summed E-state index contributed by atoms with van der Waals surface area (Å²) in [4.78, 5) is 33.4. The van der Waals surface area contributed by atoms with Crippen molar-refractivity contribution >= 4 is 18.2 Å². The Morgan fingerprint density at radius 3 is 2.16 bits per heavy atom. The van der Waals surface area contributed by atoms with Crippen molar-refractivity contribution in [1.82, 2.24) is 0 Å². The van der Waals surface area contributed by atoms with Crippen LogP contribution in [-0.4, -0.2) is 23.3 Å². The molecule has 0 amide bonds. The van der Waals surface area contributed by atoms with E-state index in [1.165, 1.54) is 0 Å². The van der Waals surface area contributed by atoms with Gasteiger partial charge in [0.15, 0.2) is 0 Å². The van der Waals surface area contributed by atoms with E-state index in [9.17, 15) is 14.4 Å². The molecule has 0 bridgehead atoms. The molecule has 3 rings (SSSR count). The Labute approximate surface area is 145 Å². The van der Waals surface area contributed by atoms with E-state index in [0.717, 1.165) is 17.5 Å². The summed E-state index contributed by atoms with van der Waals surface area (Å²) in [5.41, 5.74) is 2.29. The number of carbonyl (C=O) groups is 3. The maximum absolute atomic E-state index is 12.0. The first-order chi connectivity index (χ1) is 12.0. The van der Waals surface area contributed by atoms with Gasteiger partial charge in [-0.25, -0.2) is 4.79 Å². The van der Waals surface area contributed by atoms with Crippen molar-refractivity contribution in [2.75, 3.05) is 0 Å². The maximum atomic E-state index is 12.0. The molecule has 2 aromatic rings. The second-order valence-electron chi connectivity index (χ2n) is 6.30. The Hall–Kier alpha value is -2.95. The summed E-state index contributed by atoms with van der Waals surface area (Å²) in [5.74, 6) is -0.199. The number of hydrogen-bond donors (Lipinski definition) is 1. The predicted molar refractivity (Wildman–Crippen MR) is 90.8 cm³/mol. The lowest BCUT2D eigenvalue weighted by Crippen LogP contribution is -2.37. The fraction of sp³-hybridized carbons (Fsp3) is 0.250. The van der Waals surface area contributed by atoms with Crippen LogP contribution in [0.5, 0.6) is 5.75 Å². The lowest BCUT2D eigenvalue weighted by atomic mass is 9.58. The van der Waals surface area contributed by atoms with Gasteiger partial charge in [0.25, 0.3) is 6.47 Å². The zero-order valence-corrected chi connectivity index (χ0v) is 13.7. The Morgan fingerprint density at radius 1 is 1.04 bits per heavy atom. The molecular weight excluding hydrogens is 320 g/mol. The molecule has 0 aliphatic heterocycles. The van der Waals surface area contributed by atoms with Gasteiger partial charge in [0.2, 0.25) is 0 Å². The SMILES string of the molecule is CC(=O)C1C[C@@H](c2ccc(C(=O)O)cc2)[C@@H]1c1ccc(OC=O)cc1. The highest BCUT2D eigenvalue weighted by molar-refractivity contribution is 5.87. The van der Waals surface area contributed by atoms with Gasteiger partial charge in [0.1, 0.15) is 11.5 Å². The molecule has 128 valence electrons. The molecule has 5 heteroatoms. The van der Waals surface area contributed by atoms with Crippen molar-refractivity contribution in [1.29, 1.82) is 0 Å². The summed E-state index contributed by atoms with van der Waals surface area (Å²) in [5, 5.41) is 9.02. The number of rotatable bonds is 6. The highest BCUT2D eigenvalue weighted by Gasteiger charge is 2.44. The minimum Gasteiger partial charge on any atom is -0.478 e. The molecule has 0 aromatic heterocycles. The van der Waals surface area contributed by atoms with E-state index in [-0.39, 0.29) is 29.1 Å². The van der Waals surface area contributed by atoms with E-state index >= 15 is 0 Å². The second-order valence-corrected chi connectivity index (χ2v) is 6.30. The van der Waals surface area contributed by atoms with Crippen LogP contribution in [0.3, 0.4) is 0 Å². The van der Waals surface area contributed by atoms with Crippen molar-refractivity contribution in [3.8, 4) is 5.75 Å². The zero-order chi connectivity index (χ0) is 18.0. The normalized spacial score (nSPS) is 21.9. The quantitative estimate of drug-likeness (QED) is 0.817. The van der Waals surface area contributed by atoms with E-state index in [1.807, 2.05) is 24.3 Å². The number of aromatic carboxylic acids is 1. The minimum absolute atomic E-state index is 0.0402. The monoisotopic (exact) mass is 338 g/mol. The van der Waals surface area contributed by atoms with Crippen molar-refractivity contribution in [2.24, 2.45) is 5.92 Å². The highest BCUT2D eigenvalue weighted by Crippen LogP contribution is 2.53. The number of Topliss-reactive ketones (excluding diaryl/α,β-unsaturated/α-hetero) is 1. The van der Waals surface area contributed by atoms with Crippen LogP contribution in [-0.2, 0) is 9.59 Å². The number of carboxylic acid groups (broad SMARTS) is 1. The minimum atomic E-state index is -0.955. The van der Waals surface area contributed by atoms with Gasteiger partial charge < -0.3 is 9.84 Å². The Kier molecular flexibility index (Phi) is 4.65. The first kappa shape index (κ1) is 16.9. The van der Waals surface area contributed by atoms with E-state index in [0.29, 0.717) is 12.2 Å². The summed E-state index contributed by atoms with van der Waals surface area (Å²) in [6, 6.07) is 14.0. The van der Waals surface area contributed by atoms with Crippen molar-refractivity contribution in [3.05, 3.63) is 65.2 Å². The first-order valence-electron chi connectivity index (χ1n) is 8.05. The van der Waals surface area contributed by atoms with Crippen LogP contribution in [0.2, 0.25) is 0 Å². The summed E-state index contributed by atoms with van der Waals surface area (Å²) in [6.45, 7) is 1.98. The van der Waals surface area contributed by atoms with Crippen LogP contribution in [0, 0.1) is 5.92 Å². The average Bonchev–Trinajstić information content (AvgIpc) is 2.56. The van der Waals surface area contributed by atoms with Gasteiger partial charge in [-0.2, -0.15) is 0 Å². The number of ether oxygens (including phenoxy) is 1. The van der Waals surface area contributed by atoms with Crippen LogP contribution >= 0.6 is 0 Å². The van der Waals surface area contributed by atoms with Crippen LogP contribution in [0.15, 0.2) is 48.5 Å². The molecule has 1 aliphatic carbocycles. The third-order valence-electron chi connectivity index (χ3n) is 4.93. The first-order valence-corrected chi connectivity index (χ1v) is 8.05. The van der Waals surface area contributed by atoms with Crippen molar-refractivity contribution in [2.45, 2.75) is 25.2 Å². The maximum Gasteiger partial charge on any atom is 0.335 e. The van der Waals surface area contributed by atoms with Crippen LogP contribution in [0.4, 0.5) is 0 Å². The highest BCUT2D eigenvalue weighted by atomic mass is 16.5. The van der Waals surface area contributed by atoms with Gasteiger partial charge in [0.05, 0.1) is 5.56 Å². The predicted octanol–water partition coefficient (Wildman–Crippen LogP) is 3.40. The Morgan fingerprint density at radius 2 is 1.64 bits per heavy atom. The smallest absolute Gasteiger partial charge is 0.335 e. The Bertz CT molecular complexity index is 792. The number of carboxylic acids is 1. The molecule has 3 atom stereocenters. The topological polar surface area (TPSA) is 80.7 Å². The van der Waals surface area contributed by atoms with Gasteiger partial charge in [0, 0.05) is 11.8 Å². The fourth-order valence-corrected chi connectivity index (χ4v) is 3.58. The summed E-state index contributed by atoms with van der Waals surface area (Å²) < 4.78 is 4.81. The van der Waals surface area contributed by atoms with Crippen LogP contribution in [0.25, 0.3) is 0 Å². The molecule has 0 spiro atoms. The molecule has 0 heterocycles. The van der Waals surface area contributed by atoms with Crippen LogP contribution < -0.4 is 4.74 Å². The number of hydrogen-bond acceptors (Lipinski definition) is 4. The van der Waals surface area contributed by atoms with Crippen molar-refractivity contribution in [3.63, 3.8) is 0 Å². The number of carbonyl (C=O) groups excluding carboxylic acids is 2. The van der Waals surface area contributed by atoms with Gasteiger partial charge in [-0.05, 0) is 54.7 Å². The van der Waals surface area contributed by atoms with Gasteiger partial charge in [-0.1, -0.05) is 24.3 Å². The van der Waals surface area contributed by atoms with Gasteiger partial charge in [-0.3, -0.25) is 9.59 Å². The molecule has 1 saturated carbocycles. The lowest BCUT2D eigenvalue weighted by Gasteiger charge is -2.44. The number of ketones is 1. The summed E-state index contributed by atoms with van der Waals surface area (Å²) in [7, 11) is 0. The molecule has 2 aromatic carbocycles. The van der Waals surface area contributed by atoms with Crippen LogP contribution in [0.1, 0.15) is 46.7 Å². The molecule has 25 heavy (non-hydrogen) atoms. The average molecular weight is 338 g/mol. The zero-order valence-electron chi connectivity index (χ0n) is 13.7. The molecule has 0 radical (unpaired) electrons. The van der Waals surface area contributed by atoms with Gasteiger partial charge >= 0.3 is 5.97 Å². The fourth-order valence-electron chi connectivity index (χ4n) is 3.58. The molecule has 1 unspecified atom stereocenters. The van der Waals surface area contributed by atoms with E-state index in [1.54, 1.807) is 31.2 Å².